The van der Waals surface area contributed by atoms with Crippen LogP contribution in [0.2, 0.25) is 0 Å². The van der Waals surface area contributed by atoms with E-state index in [1.165, 1.54) is 12.0 Å². The molecule has 0 bridgehead atoms. The van der Waals surface area contributed by atoms with Gasteiger partial charge in [0.25, 0.3) is 0 Å². The Kier molecular flexibility index (Phi) is 5.41. The van der Waals surface area contributed by atoms with Gasteiger partial charge in [-0.15, -0.1) is 0 Å². The first-order chi connectivity index (χ1) is 12.6. The fourth-order valence-corrected chi connectivity index (χ4v) is 2.92. The number of rotatable bonds is 6. The average molecular weight is 355 g/mol. The topological polar surface area (TPSA) is 65.1 Å². The molecule has 2 aromatic carbocycles. The largest absolute Gasteiger partial charge is 0.468 e. The second-order valence-corrected chi connectivity index (χ2v) is 6.11. The molecular formula is C20H21NO5. The van der Waals surface area contributed by atoms with Crippen molar-refractivity contribution in [2.45, 2.75) is 12.3 Å². The summed E-state index contributed by atoms with van der Waals surface area (Å²) in [5.41, 5.74) is 1.98. The van der Waals surface area contributed by atoms with Gasteiger partial charge in [-0.3, -0.25) is 9.59 Å². The van der Waals surface area contributed by atoms with Gasteiger partial charge in [-0.05, 0) is 23.3 Å². The molecule has 1 aliphatic rings. The zero-order chi connectivity index (χ0) is 18.5. The number of hydrogen-bond donors (Lipinski definition) is 0. The summed E-state index contributed by atoms with van der Waals surface area (Å²) in [6.45, 7) is 0.133. The van der Waals surface area contributed by atoms with Crippen molar-refractivity contribution in [3.05, 3.63) is 59.7 Å². The van der Waals surface area contributed by atoms with Gasteiger partial charge < -0.3 is 19.1 Å². The van der Waals surface area contributed by atoms with Crippen LogP contribution in [0.5, 0.6) is 11.5 Å². The highest BCUT2D eigenvalue weighted by Gasteiger charge is 2.24. The van der Waals surface area contributed by atoms with Gasteiger partial charge in [0.2, 0.25) is 12.7 Å². The monoisotopic (exact) mass is 355 g/mol. The first-order valence-electron chi connectivity index (χ1n) is 8.33. The SMILES string of the molecule is COC(=O)CN(C)C(=O)C[C@H](c1ccccc1)c1ccc2c(c1)OCO2. The molecule has 26 heavy (non-hydrogen) atoms. The van der Waals surface area contributed by atoms with Crippen LogP contribution in [-0.2, 0) is 14.3 Å². The van der Waals surface area contributed by atoms with Crippen LogP contribution in [-0.4, -0.2) is 44.3 Å². The van der Waals surface area contributed by atoms with Crippen molar-refractivity contribution in [1.82, 2.24) is 4.90 Å². The number of esters is 1. The Morgan fingerprint density at radius 1 is 1.08 bits per heavy atom. The highest BCUT2D eigenvalue weighted by atomic mass is 16.7. The van der Waals surface area contributed by atoms with Crippen molar-refractivity contribution < 1.29 is 23.8 Å². The molecule has 136 valence electrons. The third-order valence-corrected chi connectivity index (χ3v) is 4.40. The Morgan fingerprint density at radius 2 is 1.81 bits per heavy atom. The van der Waals surface area contributed by atoms with E-state index in [4.69, 9.17) is 9.47 Å². The zero-order valence-corrected chi connectivity index (χ0v) is 14.8. The Labute approximate surface area is 152 Å². The standard InChI is InChI=1S/C20H21NO5/c1-21(12-20(23)24-2)19(22)11-16(14-6-4-3-5-7-14)15-8-9-17-18(10-15)26-13-25-17/h3-10,16H,11-13H2,1-2H3/t16-/m1/s1. The number of likely N-dealkylation sites (N-methyl/N-ethyl adjacent to an activating group) is 1. The van der Waals surface area contributed by atoms with E-state index in [-0.39, 0.29) is 31.6 Å². The van der Waals surface area contributed by atoms with E-state index in [0.29, 0.717) is 11.5 Å². The van der Waals surface area contributed by atoms with E-state index in [0.717, 1.165) is 11.1 Å². The van der Waals surface area contributed by atoms with E-state index < -0.39 is 5.97 Å². The Balaban J connectivity index is 1.85. The highest BCUT2D eigenvalue weighted by molar-refractivity contribution is 5.82. The minimum absolute atomic E-state index is 0.0714. The maximum atomic E-state index is 12.6. The number of carbonyl (C=O) groups excluding carboxylic acids is 2. The van der Waals surface area contributed by atoms with Gasteiger partial charge in [0, 0.05) is 19.4 Å². The van der Waals surface area contributed by atoms with Gasteiger partial charge in [-0.25, -0.2) is 0 Å². The first kappa shape index (κ1) is 17.8. The number of hydrogen-bond acceptors (Lipinski definition) is 5. The molecule has 0 unspecified atom stereocenters. The van der Waals surface area contributed by atoms with E-state index in [1.807, 2.05) is 48.5 Å². The fourth-order valence-electron chi connectivity index (χ4n) is 2.92. The molecule has 0 aromatic heterocycles. The maximum absolute atomic E-state index is 12.6. The lowest BCUT2D eigenvalue weighted by molar-refractivity contribution is -0.146. The van der Waals surface area contributed by atoms with Gasteiger partial charge >= 0.3 is 5.97 Å². The van der Waals surface area contributed by atoms with Crippen LogP contribution in [0.25, 0.3) is 0 Å². The summed E-state index contributed by atoms with van der Waals surface area (Å²) in [6.07, 6.45) is 0.233. The van der Waals surface area contributed by atoms with E-state index in [2.05, 4.69) is 4.74 Å². The number of amides is 1. The highest BCUT2D eigenvalue weighted by Crippen LogP contribution is 2.37. The predicted octanol–water partition coefficient (Wildman–Crippen LogP) is 2.57. The summed E-state index contributed by atoms with van der Waals surface area (Å²) in [7, 11) is 2.90. The fraction of sp³-hybridized carbons (Fsp3) is 0.300. The normalized spacial score (nSPS) is 13.2. The summed E-state index contributed by atoms with van der Waals surface area (Å²) < 4.78 is 15.5. The summed E-state index contributed by atoms with van der Waals surface area (Å²) in [4.78, 5) is 25.5. The minimum Gasteiger partial charge on any atom is -0.468 e. The molecule has 0 radical (unpaired) electrons. The van der Waals surface area contributed by atoms with Crippen molar-refractivity contribution in [2.24, 2.45) is 0 Å². The molecule has 0 fully saturated rings. The molecule has 0 N–H and O–H groups in total. The van der Waals surface area contributed by atoms with Crippen LogP contribution >= 0.6 is 0 Å². The van der Waals surface area contributed by atoms with Crippen molar-refractivity contribution >= 4 is 11.9 Å². The van der Waals surface area contributed by atoms with Crippen LogP contribution in [0.15, 0.2) is 48.5 Å². The van der Waals surface area contributed by atoms with Crippen molar-refractivity contribution in [1.29, 1.82) is 0 Å². The molecule has 1 atom stereocenters. The minimum atomic E-state index is -0.444. The van der Waals surface area contributed by atoms with E-state index >= 15 is 0 Å². The second kappa shape index (κ2) is 7.91. The quantitative estimate of drug-likeness (QED) is 0.745. The number of methoxy groups -OCH3 is 1. The maximum Gasteiger partial charge on any atom is 0.325 e. The van der Waals surface area contributed by atoms with Gasteiger partial charge in [-0.1, -0.05) is 36.4 Å². The molecule has 1 amide bonds. The van der Waals surface area contributed by atoms with Crippen LogP contribution < -0.4 is 9.47 Å². The van der Waals surface area contributed by atoms with Gasteiger partial charge in [0.05, 0.1) is 7.11 Å². The predicted molar refractivity (Wildman–Crippen MR) is 95.1 cm³/mol. The zero-order valence-electron chi connectivity index (χ0n) is 14.8. The number of nitrogens with zero attached hydrogens (tertiary/aromatic N) is 1. The third-order valence-electron chi connectivity index (χ3n) is 4.40. The van der Waals surface area contributed by atoms with E-state index in [9.17, 15) is 9.59 Å². The summed E-state index contributed by atoms with van der Waals surface area (Å²) >= 11 is 0. The molecule has 3 rings (SSSR count). The number of ether oxygens (including phenoxy) is 3. The summed E-state index contributed by atoms with van der Waals surface area (Å²) in [6, 6.07) is 15.5. The smallest absolute Gasteiger partial charge is 0.325 e. The lowest BCUT2D eigenvalue weighted by atomic mass is 9.88. The third kappa shape index (κ3) is 3.96. The van der Waals surface area contributed by atoms with Crippen LogP contribution in [0.1, 0.15) is 23.5 Å². The van der Waals surface area contributed by atoms with Crippen LogP contribution in [0, 0.1) is 0 Å². The number of carbonyl (C=O) groups is 2. The Morgan fingerprint density at radius 3 is 2.54 bits per heavy atom. The van der Waals surface area contributed by atoms with Crippen molar-refractivity contribution in [2.75, 3.05) is 27.5 Å². The molecule has 0 spiro atoms. The molecule has 1 heterocycles. The molecule has 6 heteroatoms. The number of fused-ring (bicyclic) bond motifs is 1. The van der Waals surface area contributed by atoms with Crippen molar-refractivity contribution in [3.63, 3.8) is 0 Å². The summed E-state index contributed by atoms with van der Waals surface area (Å²) in [5, 5.41) is 0. The molecule has 1 aliphatic heterocycles. The van der Waals surface area contributed by atoms with Crippen LogP contribution in [0.3, 0.4) is 0 Å². The van der Waals surface area contributed by atoms with Crippen molar-refractivity contribution in [3.8, 4) is 11.5 Å². The molecule has 0 saturated heterocycles. The average Bonchev–Trinajstić information content (AvgIpc) is 3.14. The molecule has 0 aliphatic carbocycles. The lowest BCUT2D eigenvalue weighted by Gasteiger charge is -2.22. The first-order valence-corrected chi connectivity index (χ1v) is 8.33. The molecule has 6 nitrogen and oxygen atoms in total. The lowest BCUT2D eigenvalue weighted by Crippen LogP contribution is -2.33. The second-order valence-electron chi connectivity index (χ2n) is 6.11. The van der Waals surface area contributed by atoms with Gasteiger partial charge in [0.15, 0.2) is 11.5 Å². The summed E-state index contributed by atoms with van der Waals surface area (Å²) in [5.74, 6) is 0.647. The van der Waals surface area contributed by atoms with E-state index in [1.54, 1.807) is 7.05 Å². The number of benzene rings is 2. The Bertz CT molecular complexity index is 790. The van der Waals surface area contributed by atoms with Gasteiger partial charge in [0.1, 0.15) is 6.54 Å². The molecular weight excluding hydrogens is 334 g/mol. The molecule has 0 saturated carbocycles. The molecule has 2 aromatic rings. The van der Waals surface area contributed by atoms with Crippen LogP contribution in [0.4, 0.5) is 0 Å². The Hall–Kier alpha value is -3.02. The van der Waals surface area contributed by atoms with Gasteiger partial charge in [-0.2, -0.15) is 0 Å².